The molecular weight excluding hydrogens is 243 g/mol. The van der Waals surface area contributed by atoms with Crippen molar-refractivity contribution >= 4 is 5.69 Å². The Morgan fingerprint density at radius 3 is 2.28 bits per heavy atom. The van der Waals surface area contributed by atoms with Crippen LogP contribution in [0.3, 0.4) is 0 Å². The molecule has 98 valence electrons. The van der Waals surface area contributed by atoms with Crippen LogP contribution in [-0.4, -0.2) is 6.36 Å². The van der Waals surface area contributed by atoms with Crippen LogP contribution in [0.2, 0.25) is 0 Å². The highest BCUT2D eigenvalue weighted by Gasteiger charge is 2.30. The summed E-state index contributed by atoms with van der Waals surface area (Å²) in [4.78, 5) is 1.71. The fourth-order valence-electron chi connectivity index (χ4n) is 1.40. The van der Waals surface area contributed by atoms with Gasteiger partial charge in [0.2, 0.25) is 0 Å². The molecule has 0 aromatic heterocycles. The van der Waals surface area contributed by atoms with E-state index in [0.717, 1.165) is 5.70 Å². The Bertz CT molecular complexity index is 423. The first kappa shape index (κ1) is 14.2. The minimum Gasteiger partial charge on any atom is -0.406 e. The van der Waals surface area contributed by atoms with Crippen LogP contribution in [0.1, 0.15) is 13.3 Å². The second-order valence-electron chi connectivity index (χ2n) is 3.51. The van der Waals surface area contributed by atoms with Gasteiger partial charge in [0, 0.05) is 17.6 Å². The third-order valence-corrected chi connectivity index (χ3v) is 2.28. The number of ether oxygens (including phenoxy) is 1. The van der Waals surface area contributed by atoms with Crippen molar-refractivity contribution in [3.63, 3.8) is 0 Å². The first-order valence-corrected chi connectivity index (χ1v) is 5.32. The highest BCUT2D eigenvalue weighted by molar-refractivity contribution is 5.55. The molecule has 18 heavy (non-hydrogen) atoms. The molecule has 0 radical (unpaired) electrons. The summed E-state index contributed by atoms with van der Waals surface area (Å²) in [5.74, 6) is -0.252. The summed E-state index contributed by atoms with van der Waals surface area (Å²) in [6.45, 7) is 9.42. The van der Waals surface area contributed by atoms with Crippen molar-refractivity contribution in [1.82, 2.24) is 0 Å². The van der Waals surface area contributed by atoms with Crippen molar-refractivity contribution in [3.8, 4) is 5.75 Å². The van der Waals surface area contributed by atoms with E-state index in [4.69, 9.17) is 0 Å². The Labute approximate surface area is 104 Å². The summed E-state index contributed by atoms with van der Waals surface area (Å²) < 4.78 is 39.7. The third-order valence-electron chi connectivity index (χ3n) is 2.28. The van der Waals surface area contributed by atoms with Crippen molar-refractivity contribution in [1.29, 1.82) is 0 Å². The van der Waals surface area contributed by atoms with E-state index in [2.05, 4.69) is 17.9 Å². The predicted octanol–water partition coefficient (Wildman–Crippen LogP) is 4.46. The molecule has 0 aliphatic heterocycles. The van der Waals surface area contributed by atoms with E-state index in [0.29, 0.717) is 12.1 Å². The van der Waals surface area contributed by atoms with Crippen LogP contribution < -0.4 is 9.64 Å². The van der Waals surface area contributed by atoms with Gasteiger partial charge in [-0.1, -0.05) is 20.1 Å². The summed E-state index contributed by atoms with van der Waals surface area (Å²) >= 11 is 0. The highest BCUT2D eigenvalue weighted by Crippen LogP contribution is 2.27. The smallest absolute Gasteiger partial charge is 0.406 e. The molecule has 1 aromatic rings. The molecule has 0 heterocycles. The number of hydrogen-bond acceptors (Lipinski definition) is 2. The molecule has 0 unspecified atom stereocenters. The van der Waals surface area contributed by atoms with Crippen molar-refractivity contribution < 1.29 is 17.9 Å². The predicted molar refractivity (Wildman–Crippen MR) is 65.2 cm³/mol. The van der Waals surface area contributed by atoms with E-state index >= 15 is 0 Å². The third kappa shape index (κ3) is 3.84. The molecular formula is C13H14F3NO. The minimum atomic E-state index is -4.67. The Hall–Kier alpha value is -1.91. The lowest BCUT2D eigenvalue weighted by atomic mass is 10.2. The average molecular weight is 257 g/mol. The number of alkyl halides is 3. The fraction of sp³-hybridized carbons (Fsp3) is 0.231. The molecule has 5 heteroatoms. The Morgan fingerprint density at radius 2 is 1.89 bits per heavy atom. The summed E-state index contributed by atoms with van der Waals surface area (Å²) in [6, 6.07) is 5.54. The quantitative estimate of drug-likeness (QED) is 0.772. The summed E-state index contributed by atoms with van der Waals surface area (Å²) in [5, 5.41) is 0. The van der Waals surface area contributed by atoms with E-state index in [9.17, 15) is 13.2 Å². The highest BCUT2D eigenvalue weighted by atomic mass is 19.4. The number of nitrogens with zero attached hydrogens (tertiary/aromatic N) is 1. The van der Waals surface area contributed by atoms with Crippen LogP contribution in [0.15, 0.2) is 49.3 Å². The molecule has 1 rings (SSSR count). The zero-order chi connectivity index (χ0) is 13.8. The first-order valence-electron chi connectivity index (χ1n) is 5.32. The van der Waals surface area contributed by atoms with Gasteiger partial charge in [-0.25, -0.2) is 0 Å². The lowest BCUT2D eigenvalue weighted by Gasteiger charge is -2.22. The second kappa shape index (κ2) is 5.62. The van der Waals surface area contributed by atoms with E-state index in [1.165, 1.54) is 24.3 Å². The SMILES string of the molecule is C=CN(C(=C)CC)c1ccc(OC(F)(F)F)cc1. The van der Waals surface area contributed by atoms with Crippen LogP contribution in [0.25, 0.3) is 0 Å². The van der Waals surface area contributed by atoms with Gasteiger partial charge in [0.15, 0.2) is 0 Å². The monoisotopic (exact) mass is 257 g/mol. The topological polar surface area (TPSA) is 12.5 Å². The van der Waals surface area contributed by atoms with Gasteiger partial charge in [0.05, 0.1) is 0 Å². The number of allylic oxidation sites excluding steroid dienone is 1. The molecule has 1 aromatic carbocycles. The lowest BCUT2D eigenvalue weighted by molar-refractivity contribution is -0.274. The van der Waals surface area contributed by atoms with Gasteiger partial charge in [-0.15, -0.1) is 13.2 Å². The number of benzene rings is 1. The van der Waals surface area contributed by atoms with Gasteiger partial charge in [-0.05, 0) is 30.7 Å². The zero-order valence-electron chi connectivity index (χ0n) is 10.00. The van der Waals surface area contributed by atoms with Crippen LogP contribution in [0, 0.1) is 0 Å². The average Bonchev–Trinajstić information content (AvgIpc) is 2.30. The van der Waals surface area contributed by atoms with Crippen LogP contribution >= 0.6 is 0 Å². The maximum atomic E-state index is 12.0. The molecule has 0 spiro atoms. The fourth-order valence-corrected chi connectivity index (χ4v) is 1.40. The van der Waals surface area contributed by atoms with Crippen molar-refractivity contribution in [2.24, 2.45) is 0 Å². The normalized spacial score (nSPS) is 10.9. The molecule has 0 N–H and O–H groups in total. The largest absolute Gasteiger partial charge is 0.573 e. The Kier molecular flexibility index (Phi) is 4.42. The molecule has 0 aliphatic carbocycles. The molecule has 0 aliphatic rings. The van der Waals surface area contributed by atoms with E-state index in [1.54, 1.807) is 11.1 Å². The first-order chi connectivity index (χ1) is 8.37. The number of hydrogen-bond donors (Lipinski definition) is 0. The molecule has 0 bridgehead atoms. The van der Waals surface area contributed by atoms with E-state index < -0.39 is 6.36 Å². The number of rotatable bonds is 5. The van der Waals surface area contributed by atoms with Gasteiger partial charge in [0.25, 0.3) is 0 Å². The van der Waals surface area contributed by atoms with Gasteiger partial charge in [0.1, 0.15) is 5.75 Å². The maximum Gasteiger partial charge on any atom is 0.573 e. The second-order valence-corrected chi connectivity index (χ2v) is 3.51. The van der Waals surface area contributed by atoms with Crippen LogP contribution in [0.5, 0.6) is 5.75 Å². The summed E-state index contributed by atoms with van der Waals surface area (Å²) in [5.41, 5.74) is 1.49. The molecule has 0 amide bonds. The van der Waals surface area contributed by atoms with Gasteiger partial charge in [-0.3, -0.25) is 0 Å². The standard InChI is InChI=1S/C13H14F3NO/c1-4-10(3)17(5-2)11-6-8-12(9-7-11)18-13(14,15)16/h5-9H,2-4H2,1H3. The van der Waals surface area contributed by atoms with Gasteiger partial charge < -0.3 is 9.64 Å². The van der Waals surface area contributed by atoms with Gasteiger partial charge in [-0.2, -0.15) is 0 Å². The summed E-state index contributed by atoms with van der Waals surface area (Å²) in [6.07, 6.45) is -2.40. The maximum absolute atomic E-state index is 12.0. The molecule has 0 atom stereocenters. The van der Waals surface area contributed by atoms with Crippen molar-refractivity contribution in [2.75, 3.05) is 4.90 Å². The van der Waals surface area contributed by atoms with E-state index in [-0.39, 0.29) is 5.75 Å². The molecule has 2 nitrogen and oxygen atoms in total. The molecule has 0 saturated carbocycles. The minimum absolute atomic E-state index is 0.252. The van der Waals surface area contributed by atoms with Crippen LogP contribution in [-0.2, 0) is 0 Å². The summed E-state index contributed by atoms with van der Waals surface area (Å²) in [7, 11) is 0. The number of anilines is 1. The zero-order valence-corrected chi connectivity index (χ0v) is 10.00. The van der Waals surface area contributed by atoms with Crippen LogP contribution in [0.4, 0.5) is 18.9 Å². The van der Waals surface area contributed by atoms with Gasteiger partial charge >= 0.3 is 6.36 Å². The molecule has 0 saturated heterocycles. The molecule has 0 fully saturated rings. The number of halogens is 3. The Balaban J connectivity index is 2.88. The Morgan fingerprint density at radius 1 is 1.33 bits per heavy atom. The lowest BCUT2D eigenvalue weighted by Crippen LogP contribution is -2.17. The van der Waals surface area contributed by atoms with E-state index in [1.807, 2.05) is 6.92 Å². The van der Waals surface area contributed by atoms with Crippen molar-refractivity contribution in [2.45, 2.75) is 19.7 Å². The van der Waals surface area contributed by atoms with Crippen molar-refractivity contribution in [3.05, 3.63) is 49.3 Å².